The van der Waals surface area contributed by atoms with Crippen molar-refractivity contribution in [2.75, 3.05) is 19.6 Å². The van der Waals surface area contributed by atoms with E-state index in [2.05, 4.69) is 25.0 Å². The van der Waals surface area contributed by atoms with Crippen LogP contribution in [0, 0.1) is 11.8 Å². The normalized spacial score (nSPS) is 28.1. The van der Waals surface area contributed by atoms with Gasteiger partial charge in [-0.05, 0) is 56.3 Å². The molecule has 0 N–H and O–H groups in total. The van der Waals surface area contributed by atoms with Gasteiger partial charge in [0.15, 0.2) is 5.12 Å². The van der Waals surface area contributed by atoms with Crippen LogP contribution < -0.4 is 0 Å². The second kappa shape index (κ2) is 8.73. The Labute approximate surface area is 139 Å². The molecule has 2 unspecified atom stereocenters. The molecule has 0 aliphatic carbocycles. The highest BCUT2D eigenvalue weighted by molar-refractivity contribution is 8.17. The van der Waals surface area contributed by atoms with Crippen LogP contribution in [-0.4, -0.2) is 29.6 Å². The van der Waals surface area contributed by atoms with Crippen LogP contribution in [0.25, 0.3) is 0 Å². The smallest absolute Gasteiger partial charge is 0.193 e. The minimum Gasteiger partial charge on any atom is -0.303 e. The lowest BCUT2D eigenvalue weighted by atomic mass is 9.83. The standard InChI is InChI=1S/C19H29NOS/c1-4-17-15(3)16(14-19(21)22-18(17)5-2)10-13-20-11-8-6-7-9-12-20/h4-5,15-16H,1-2,6-14H2,3H3. The number of carbonyl (C=O) groups excluding carboxylic acids is 1. The number of likely N-dealkylation sites (tertiary alicyclic amines) is 1. The maximum absolute atomic E-state index is 12.2. The van der Waals surface area contributed by atoms with E-state index in [1.807, 2.05) is 12.2 Å². The molecule has 0 aromatic heterocycles. The molecule has 2 heterocycles. The van der Waals surface area contributed by atoms with E-state index in [4.69, 9.17) is 0 Å². The molecule has 122 valence electrons. The van der Waals surface area contributed by atoms with E-state index in [0.29, 0.717) is 18.3 Å². The molecular formula is C19H29NOS. The predicted octanol–water partition coefficient (Wildman–Crippen LogP) is 4.79. The summed E-state index contributed by atoms with van der Waals surface area (Å²) in [7, 11) is 0. The molecule has 0 spiro atoms. The van der Waals surface area contributed by atoms with Gasteiger partial charge in [-0.15, -0.1) is 0 Å². The number of hydrogen-bond acceptors (Lipinski definition) is 3. The Morgan fingerprint density at radius 1 is 1.18 bits per heavy atom. The van der Waals surface area contributed by atoms with Crippen molar-refractivity contribution in [2.24, 2.45) is 11.8 Å². The molecular weight excluding hydrogens is 290 g/mol. The first kappa shape index (κ1) is 17.6. The molecule has 2 rings (SSSR count). The van der Waals surface area contributed by atoms with Gasteiger partial charge in [-0.1, -0.05) is 56.8 Å². The third kappa shape index (κ3) is 4.60. The van der Waals surface area contributed by atoms with Gasteiger partial charge in [0, 0.05) is 11.3 Å². The van der Waals surface area contributed by atoms with Crippen molar-refractivity contribution < 1.29 is 4.79 Å². The monoisotopic (exact) mass is 319 g/mol. The Bertz CT molecular complexity index is 446. The third-order valence-corrected chi connectivity index (χ3v) is 6.07. The fourth-order valence-electron chi connectivity index (χ4n) is 3.60. The number of hydrogen-bond donors (Lipinski definition) is 0. The molecule has 2 atom stereocenters. The van der Waals surface area contributed by atoms with Crippen LogP contribution in [0.1, 0.15) is 45.4 Å². The fraction of sp³-hybridized carbons (Fsp3) is 0.632. The van der Waals surface area contributed by atoms with Gasteiger partial charge in [0.25, 0.3) is 0 Å². The van der Waals surface area contributed by atoms with Crippen LogP contribution in [0.2, 0.25) is 0 Å². The van der Waals surface area contributed by atoms with Crippen molar-refractivity contribution in [3.63, 3.8) is 0 Å². The summed E-state index contributed by atoms with van der Waals surface area (Å²) in [5, 5.41) is 0.277. The Hall–Kier alpha value is -0.800. The van der Waals surface area contributed by atoms with Gasteiger partial charge in [-0.3, -0.25) is 4.79 Å². The molecule has 2 nitrogen and oxygen atoms in total. The van der Waals surface area contributed by atoms with Crippen molar-refractivity contribution in [3.05, 3.63) is 35.8 Å². The minimum atomic E-state index is 0.277. The van der Waals surface area contributed by atoms with Crippen molar-refractivity contribution in [2.45, 2.75) is 45.4 Å². The fourth-order valence-corrected chi connectivity index (χ4v) is 4.61. The zero-order valence-electron chi connectivity index (χ0n) is 13.9. The number of nitrogens with zero attached hydrogens (tertiary/aromatic N) is 1. The summed E-state index contributed by atoms with van der Waals surface area (Å²) in [5.41, 5.74) is 1.20. The van der Waals surface area contributed by atoms with E-state index in [1.165, 1.54) is 56.1 Å². The predicted molar refractivity (Wildman–Crippen MR) is 96.8 cm³/mol. The lowest BCUT2D eigenvalue weighted by Crippen LogP contribution is -2.29. The Kier molecular flexibility index (Phi) is 6.97. The summed E-state index contributed by atoms with van der Waals surface area (Å²) in [5.74, 6) is 0.810. The summed E-state index contributed by atoms with van der Waals surface area (Å²) in [6.07, 6.45) is 10.9. The average molecular weight is 320 g/mol. The molecule has 1 fully saturated rings. The maximum atomic E-state index is 12.2. The molecule has 0 radical (unpaired) electrons. The van der Waals surface area contributed by atoms with Gasteiger partial charge >= 0.3 is 0 Å². The quantitative estimate of drug-likeness (QED) is 0.726. The van der Waals surface area contributed by atoms with Crippen LogP contribution >= 0.6 is 11.8 Å². The summed E-state index contributed by atoms with van der Waals surface area (Å²) >= 11 is 1.35. The third-order valence-electron chi connectivity index (χ3n) is 5.05. The highest BCUT2D eigenvalue weighted by atomic mass is 32.2. The summed E-state index contributed by atoms with van der Waals surface area (Å²) < 4.78 is 0. The molecule has 0 saturated carbocycles. The Balaban J connectivity index is 2.02. The van der Waals surface area contributed by atoms with Gasteiger partial charge in [0.05, 0.1) is 0 Å². The first-order valence-electron chi connectivity index (χ1n) is 8.57. The summed E-state index contributed by atoms with van der Waals surface area (Å²) in [6, 6.07) is 0. The van der Waals surface area contributed by atoms with Gasteiger partial charge in [0.2, 0.25) is 0 Å². The SMILES string of the molecule is C=CC1=C(C=C)C(C)C(CCN2CCCCCC2)CC(=O)S1. The van der Waals surface area contributed by atoms with E-state index in [9.17, 15) is 4.79 Å². The second-order valence-corrected chi connectivity index (χ2v) is 7.60. The zero-order valence-corrected chi connectivity index (χ0v) is 14.7. The Morgan fingerprint density at radius 2 is 1.86 bits per heavy atom. The highest BCUT2D eigenvalue weighted by Gasteiger charge is 2.28. The second-order valence-electron chi connectivity index (χ2n) is 6.50. The number of rotatable bonds is 5. The number of thioether (sulfide) groups is 1. The first-order valence-corrected chi connectivity index (χ1v) is 9.39. The van der Waals surface area contributed by atoms with Crippen LogP contribution in [0.5, 0.6) is 0 Å². The maximum Gasteiger partial charge on any atom is 0.193 e. The van der Waals surface area contributed by atoms with Crippen molar-refractivity contribution in [3.8, 4) is 0 Å². The van der Waals surface area contributed by atoms with E-state index in [0.717, 1.165) is 17.9 Å². The lowest BCUT2D eigenvalue weighted by Gasteiger charge is -2.26. The zero-order chi connectivity index (χ0) is 15.9. The van der Waals surface area contributed by atoms with Gasteiger partial charge in [0.1, 0.15) is 0 Å². The molecule has 0 aromatic carbocycles. The number of allylic oxidation sites excluding steroid dienone is 3. The molecule has 22 heavy (non-hydrogen) atoms. The largest absolute Gasteiger partial charge is 0.303 e. The van der Waals surface area contributed by atoms with Crippen molar-refractivity contribution in [1.82, 2.24) is 4.90 Å². The van der Waals surface area contributed by atoms with Gasteiger partial charge < -0.3 is 4.90 Å². The number of carbonyl (C=O) groups is 1. The van der Waals surface area contributed by atoms with E-state index in [1.54, 1.807) is 0 Å². The van der Waals surface area contributed by atoms with E-state index in [-0.39, 0.29) is 5.12 Å². The van der Waals surface area contributed by atoms with Crippen LogP contribution in [-0.2, 0) is 4.79 Å². The lowest BCUT2D eigenvalue weighted by molar-refractivity contribution is -0.112. The average Bonchev–Trinajstić information content (AvgIpc) is 2.84. The first-order chi connectivity index (χ1) is 10.7. The minimum absolute atomic E-state index is 0.277. The summed E-state index contributed by atoms with van der Waals surface area (Å²) in [4.78, 5) is 15.8. The molecule has 3 heteroatoms. The molecule has 0 bridgehead atoms. The van der Waals surface area contributed by atoms with Crippen molar-refractivity contribution >= 4 is 16.9 Å². The molecule has 2 aliphatic rings. The topological polar surface area (TPSA) is 20.3 Å². The van der Waals surface area contributed by atoms with Gasteiger partial charge in [-0.2, -0.15) is 0 Å². The highest BCUT2D eigenvalue weighted by Crippen LogP contribution is 2.39. The van der Waals surface area contributed by atoms with Crippen LogP contribution in [0.4, 0.5) is 0 Å². The molecule has 0 amide bonds. The molecule has 1 saturated heterocycles. The Morgan fingerprint density at radius 3 is 2.45 bits per heavy atom. The van der Waals surface area contributed by atoms with Crippen LogP contribution in [0.15, 0.2) is 35.8 Å². The van der Waals surface area contributed by atoms with Crippen LogP contribution in [0.3, 0.4) is 0 Å². The van der Waals surface area contributed by atoms with E-state index >= 15 is 0 Å². The van der Waals surface area contributed by atoms with E-state index < -0.39 is 0 Å². The molecule has 2 aliphatic heterocycles. The van der Waals surface area contributed by atoms with Crippen molar-refractivity contribution in [1.29, 1.82) is 0 Å². The molecule has 0 aromatic rings. The van der Waals surface area contributed by atoms with Gasteiger partial charge in [-0.25, -0.2) is 0 Å². The summed E-state index contributed by atoms with van der Waals surface area (Å²) in [6.45, 7) is 13.6.